The second kappa shape index (κ2) is 4.28. The van der Waals surface area contributed by atoms with Crippen molar-refractivity contribution in [3.63, 3.8) is 0 Å². The van der Waals surface area contributed by atoms with Gasteiger partial charge in [0.2, 0.25) is 0 Å². The fraction of sp³-hybridized carbons (Fsp3) is 0.300. The highest BCUT2D eigenvalue weighted by Gasteiger charge is 2.13. The van der Waals surface area contributed by atoms with Crippen molar-refractivity contribution >= 4 is 5.91 Å². The third-order valence-corrected chi connectivity index (χ3v) is 2.21. The van der Waals surface area contributed by atoms with Crippen LogP contribution in [0, 0.1) is 0 Å². The first kappa shape index (κ1) is 11.2. The zero-order valence-electron chi connectivity index (χ0n) is 9.53. The van der Waals surface area contributed by atoms with Crippen LogP contribution in [0.25, 0.3) is 5.82 Å². The van der Waals surface area contributed by atoms with Gasteiger partial charge in [-0.15, -0.1) is 0 Å². The zero-order valence-corrected chi connectivity index (χ0v) is 9.53. The molecule has 7 heteroatoms. The van der Waals surface area contributed by atoms with Gasteiger partial charge in [0, 0.05) is 12.0 Å². The SMILES string of the molecule is CC(C)c1ncnn1-c1cc(C(N)=O)ncn1. The van der Waals surface area contributed by atoms with Gasteiger partial charge in [-0.25, -0.2) is 15.0 Å². The summed E-state index contributed by atoms with van der Waals surface area (Å²) in [5, 5.41) is 4.07. The second-order valence-corrected chi connectivity index (χ2v) is 3.81. The minimum atomic E-state index is -0.597. The highest BCUT2D eigenvalue weighted by Crippen LogP contribution is 2.14. The number of nitrogens with zero attached hydrogens (tertiary/aromatic N) is 5. The molecule has 0 saturated carbocycles. The Bertz CT molecular complexity index is 547. The van der Waals surface area contributed by atoms with Gasteiger partial charge >= 0.3 is 0 Å². The van der Waals surface area contributed by atoms with Crippen molar-refractivity contribution in [1.82, 2.24) is 24.7 Å². The summed E-state index contributed by atoms with van der Waals surface area (Å²) >= 11 is 0. The van der Waals surface area contributed by atoms with Crippen LogP contribution in [0.1, 0.15) is 36.1 Å². The number of hydrogen-bond acceptors (Lipinski definition) is 5. The van der Waals surface area contributed by atoms with Gasteiger partial charge in [-0.2, -0.15) is 9.78 Å². The molecule has 0 spiro atoms. The molecular weight excluding hydrogens is 220 g/mol. The quantitative estimate of drug-likeness (QED) is 0.819. The smallest absolute Gasteiger partial charge is 0.267 e. The number of hydrogen-bond donors (Lipinski definition) is 1. The van der Waals surface area contributed by atoms with E-state index in [0.29, 0.717) is 5.82 Å². The Hall–Kier alpha value is -2.31. The highest BCUT2D eigenvalue weighted by atomic mass is 16.1. The molecule has 0 atom stereocenters. The summed E-state index contributed by atoms with van der Waals surface area (Å²) < 4.78 is 1.57. The Labute approximate surface area is 97.7 Å². The van der Waals surface area contributed by atoms with Crippen molar-refractivity contribution in [2.45, 2.75) is 19.8 Å². The standard InChI is InChI=1S/C10H12N6O/c1-6(2)10-14-5-15-16(10)8-3-7(9(11)17)12-4-13-8/h3-6H,1-2H3,(H2,11,17). The lowest BCUT2D eigenvalue weighted by Gasteiger charge is -2.07. The number of carbonyl (C=O) groups is 1. The topological polar surface area (TPSA) is 99.6 Å². The molecule has 0 aliphatic heterocycles. The molecule has 2 heterocycles. The third-order valence-electron chi connectivity index (χ3n) is 2.21. The fourth-order valence-corrected chi connectivity index (χ4v) is 1.42. The lowest BCUT2D eigenvalue weighted by atomic mass is 10.2. The van der Waals surface area contributed by atoms with Gasteiger partial charge in [-0.3, -0.25) is 4.79 Å². The van der Waals surface area contributed by atoms with Crippen molar-refractivity contribution in [3.05, 3.63) is 30.2 Å². The molecule has 1 amide bonds. The van der Waals surface area contributed by atoms with Gasteiger partial charge < -0.3 is 5.73 Å². The lowest BCUT2D eigenvalue weighted by molar-refractivity contribution is 0.0995. The van der Waals surface area contributed by atoms with Crippen LogP contribution in [0.4, 0.5) is 0 Å². The molecular formula is C10H12N6O. The molecule has 7 nitrogen and oxygen atoms in total. The van der Waals surface area contributed by atoms with Gasteiger partial charge in [0.15, 0.2) is 5.82 Å². The van der Waals surface area contributed by atoms with Crippen LogP contribution in [0.3, 0.4) is 0 Å². The molecule has 0 aromatic carbocycles. The third kappa shape index (κ3) is 2.12. The van der Waals surface area contributed by atoms with Crippen LogP contribution >= 0.6 is 0 Å². The zero-order chi connectivity index (χ0) is 12.4. The van der Waals surface area contributed by atoms with E-state index < -0.39 is 5.91 Å². The molecule has 0 saturated heterocycles. The number of nitrogens with two attached hydrogens (primary N) is 1. The van der Waals surface area contributed by atoms with Crippen molar-refractivity contribution in [1.29, 1.82) is 0 Å². The maximum absolute atomic E-state index is 11.0. The summed E-state index contributed by atoms with van der Waals surface area (Å²) in [6.45, 7) is 3.99. The van der Waals surface area contributed by atoms with Crippen LogP contribution in [0.15, 0.2) is 18.7 Å². The van der Waals surface area contributed by atoms with E-state index in [9.17, 15) is 4.79 Å². The lowest BCUT2D eigenvalue weighted by Crippen LogP contribution is -2.15. The van der Waals surface area contributed by atoms with Crippen LogP contribution in [0.5, 0.6) is 0 Å². The Morgan fingerprint density at radius 1 is 1.29 bits per heavy atom. The molecule has 0 unspecified atom stereocenters. The van der Waals surface area contributed by atoms with E-state index in [-0.39, 0.29) is 11.6 Å². The van der Waals surface area contributed by atoms with Gasteiger partial charge in [-0.1, -0.05) is 13.8 Å². The molecule has 0 aliphatic carbocycles. The first-order chi connectivity index (χ1) is 8.09. The molecule has 17 heavy (non-hydrogen) atoms. The summed E-state index contributed by atoms with van der Waals surface area (Å²) in [5.74, 6) is 0.846. The predicted molar refractivity (Wildman–Crippen MR) is 59.6 cm³/mol. The monoisotopic (exact) mass is 232 g/mol. The van der Waals surface area contributed by atoms with Crippen molar-refractivity contribution in [2.75, 3.05) is 0 Å². The van der Waals surface area contributed by atoms with E-state index in [0.717, 1.165) is 5.82 Å². The maximum Gasteiger partial charge on any atom is 0.267 e. The Morgan fingerprint density at radius 2 is 2.06 bits per heavy atom. The molecule has 2 aromatic heterocycles. The largest absolute Gasteiger partial charge is 0.364 e. The van der Waals surface area contributed by atoms with Crippen LogP contribution in [0.2, 0.25) is 0 Å². The Morgan fingerprint density at radius 3 is 2.71 bits per heavy atom. The molecule has 2 N–H and O–H groups in total. The van der Waals surface area contributed by atoms with Crippen molar-refractivity contribution in [2.24, 2.45) is 5.73 Å². The summed E-state index contributed by atoms with van der Waals surface area (Å²) in [4.78, 5) is 23.0. The minimum Gasteiger partial charge on any atom is -0.364 e. The number of rotatable bonds is 3. The van der Waals surface area contributed by atoms with Gasteiger partial charge in [0.1, 0.15) is 24.2 Å². The molecule has 0 aliphatic rings. The minimum absolute atomic E-state index is 0.153. The first-order valence-electron chi connectivity index (χ1n) is 5.11. The van der Waals surface area contributed by atoms with Gasteiger partial charge in [0.05, 0.1) is 0 Å². The van der Waals surface area contributed by atoms with E-state index >= 15 is 0 Å². The van der Waals surface area contributed by atoms with E-state index in [1.54, 1.807) is 4.68 Å². The first-order valence-corrected chi connectivity index (χ1v) is 5.11. The van der Waals surface area contributed by atoms with E-state index in [1.165, 1.54) is 18.7 Å². The maximum atomic E-state index is 11.0. The molecule has 2 aromatic rings. The number of aromatic nitrogens is 5. The molecule has 0 radical (unpaired) electrons. The van der Waals surface area contributed by atoms with Crippen LogP contribution in [-0.4, -0.2) is 30.6 Å². The van der Waals surface area contributed by atoms with E-state index in [2.05, 4.69) is 20.1 Å². The average Bonchev–Trinajstić information content (AvgIpc) is 2.78. The summed E-state index contributed by atoms with van der Waals surface area (Å²) in [6.07, 6.45) is 2.72. The number of amides is 1. The number of carbonyl (C=O) groups excluding carboxylic acids is 1. The average molecular weight is 232 g/mol. The molecule has 0 fully saturated rings. The van der Waals surface area contributed by atoms with Crippen LogP contribution < -0.4 is 5.73 Å². The highest BCUT2D eigenvalue weighted by molar-refractivity contribution is 5.90. The summed E-state index contributed by atoms with van der Waals surface area (Å²) in [7, 11) is 0. The number of primary amides is 1. The summed E-state index contributed by atoms with van der Waals surface area (Å²) in [5.41, 5.74) is 5.31. The van der Waals surface area contributed by atoms with Gasteiger partial charge in [0.25, 0.3) is 5.91 Å². The predicted octanol–water partition coefficient (Wildman–Crippen LogP) is 0.280. The van der Waals surface area contributed by atoms with Crippen molar-refractivity contribution in [3.8, 4) is 5.82 Å². The molecule has 2 rings (SSSR count). The van der Waals surface area contributed by atoms with E-state index in [4.69, 9.17) is 5.73 Å². The summed E-state index contributed by atoms with van der Waals surface area (Å²) in [6, 6.07) is 1.49. The normalized spacial score (nSPS) is 10.8. The fourth-order valence-electron chi connectivity index (χ4n) is 1.42. The van der Waals surface area contributed by atoms with E-state index in [1.807, 2.05) is 13.8 Å². The molecule has 88 valence electrons. The second-order valence-electron chi connectivity index (χ2n) is 3.81. The Kier molecular flexibility index (Phi) is 2.82. The van der Waals surface area contributed by atoms with Crippen molar-refractivity contribution < 1.29 is 4.79 Å². The van der Waals surface area contributed by atoms with Gasteiger partial charge in [-0.05, 0) is 0 Å². The Balaban J connectivity index is 2.49. The van der Waals surface area contributed by atoms with Crippen LogP contribution in [-0.2, 0) is 0 Å². The molecule has 0 bridgehead atoms.